The molecule has 2 rings (SSSR count). The van der Waals surface area contributed by atoms with Crippen LogP contribution >= 0.6 is 0 Å². The number of ether oxygens (including phenoxy) is 2. The third-order valence-corrected chi connectivity index (χ3v) is 3.86. The summed E-state index contributed by atoms with van der Waals surface area (Å²) in [6.07, 6.45) is 2.69. The number of hydrogen-bond donors (Lipinski definition) is 1. The molecule has 1 atom stereocenters. The van der Waals surface area contributed by atoms with Gasteiger partial charge in [0.15, 0.2) is 0 Å². The van der Waals surface area contributed by atoms with Gasteiger partial charge >= 0.3 is 0 Å². The van der Waals surface area contributed by atoms with Crippen LogP contribution in [0.2, 0.25) is 0 Å². The topological polar surface area (TPSA) is 33.7 Å². The van der Waals surface area contributed by atoms with Crippen molar-refractivity contribution < 1.29 is 9.47 Å². The summed E-state index contributed by atoms with van der Waals surface area (Å²) in [6, 6.07) is 6.40. The lowest BCUT2D eigenvalue weighted by atomic mass is 10.1. The second kappa shape index (κ2) is 7.50. The van der Waals surface area contributed by atoms with E-state index in [-0.39, 0.29) is 0 Å². The largest absolute Gasteiger partial charge is 0.497 e. The number of likely N-dealkylation sites (tertiary alicyclic amines) is 1. The molecule has 0 aromatic heterocycles. The van der Waals surface area contributed by atoms with Gasteiger partial charge in [-0.05, 0) is 51.1 Å². The Morgan fingerprint density at radius 2 is 1.95 bits per heavy atom. The Hall–Kier alpha value is -1.26. The first-order valence-electron chi connectivity index (χ1n) is 7.39. The maximum absolute atomic E-state index is 5.40. The fourth-order valence-electron chi connectivity index (χ4n) is 2.72. The molecule has 4 heteroatoms. The molecule has 0 amide bonds. The zero-order chi connectivity index (χ0) is 14.4. The van der Waals surface area contributed by atoms with Crippen LogP contribution in [0.15, 0.2) is 18.2 Å². The molecule has 1 fully saturated rings. The van der Waals surface area contributed by atoms with E-state index < -0.39 is 0 Å². The summed E-state index contributed by atoms with van der Waals surface area (Å²) in [4.78, 5) is 2.53. The Kier molecular flexibility index (Phi) is 5.68. The van der Waals surface area contributed by atoms with Crippen molar-refractivity contribution in [1.82, 2.24) is 10.2 Å². The minimum Gasteiger partial charge on any atom is -0.497 e. The van der Waals surface area contributed by atoms with E-state index in [2.05, 4.69) is 17.1 Å². The number of benzene rings is 1. The predicted octanol–water partition coefficient (Wildman–Crippen LogP) is 2.28. The second-order valence-corrected chi connectivity index (χ2v) is 5.47. The van der Waals surface area contributed by atoms with Crippen LogP contribution in [-0.2, 0) is 6.54 Å². The fraction of sp³-hybridized carbons (Fsp3) is 0.625. The standard InChI is InChI=1S/C16H26N2O2/c1-13(12-18-8-4-5-9-18)17-11-14-10-15(19-2)6-7-16(14)20-3/h6-7,10,13,17H,4-5,8-9,11-12H2,1-3H3. The Morgan fingerprint density at radius 1 is 1.20 bits per heavy atom. The third kappa shape index (κ3) is 4.12. The van der Waals surface area contributed by atoms with Gasteiger partial charge in [0.2, 0.25) is 0 Å². The van der Waals surface area contributed by atoms with Crippen molar-refractivity contribution in [3.05, 3.63) is 23.8 Å². The van der Waals surface area contributed by atoms with E-state index >= 15 is 0 Å². The second-order valence-electron chi connectivity index (χ2n) is 5.47. The van der Waals surface area contributed by atoms with Crippen molar-refractivity contribution in [2.75, 3.05) is 33.9 Å². The highest BCUT2D eigenvalue weighted by Gasteiger charge is 2.14. The number of methoxy groups -OCH3 is 2. The molecule has 1 aromatic rings. The summed E-state index contributed by atoms with van der Waals surface area (Å²) in [6.45, 7) is 6.65. The molecule has 1 aliphatic rings. The van der Waals surface area contributed by atoms with Gasteiger partial charge in [-0.2, -0.15) is 0 Å². The van der Waals surface area contributed by atoms with E-state index in [9.17, 15) is 0 Å². The molecule has 1 unspecified atom stereocenters. The van der Waals surface area contributed by atoms with E-state index in [1.54, 1.807) is 14.2 Å². The lowest BCUT2D eigenvalue weighted by Gasteiger charge is -2.21. The van der Waals surface area contributed by atoms with Gasteiger partial charge in [-0.15, -0.1) is 0 Å². The lowest BCUT2D eigenvalue weighted by molar-refractivity contribution is 0.297. The molecule has 0 aliphatic carbocycles. The molecule has 20 heavy (non-hydrogen) atoms. The molecular formula is C16H26N2O2. The van der Waals surface area contributed by atoms with Crippen molar-refractivity contribution in [3.63, 3.8) is 0 Å². The smallest absolute Gasteiger partial charge is 0.123 e. The summed E-state index contributed by atoms with van der Waals surface area (Å²) in [5, 5.41) is 3.57. The van der Waals surface area contributed by atoms with Crippen molar-refractivity contribution in [1.29, 1.82) is 0 Å². The van der Waals surface area contributed by atoms with Crippen LogP contribution in [0.1, 0.15) is 25.3 Å². The van der Waals surface area contributed by atoms with Gasteiger partial charge in [0.1, 0.15) is 11.5 Å². The first-order chi connectivity index (χ1) is 9.72. The molecule has 1 saturated heterocycles. The maximum Gasteiger partial charge on any atom is 0.123 e. The van der Waals surface area contributed by atoms with E-state index in [4.69, 9.17) is 9.47 Å². The van der Waals surface area contributed by atoms with Gasteiger partial charge in [0.25, 0.3) is 0 Å². The molecule has 1 aromatic carbocycles. The highest BCUT2D eigenvalue weighted by atomic mass is 16.5. The van der Waals surface area contributed by atoms with E-state index in [0.29, 0.717) is 6.04 Å². The molecular weight excluding hydrogens is 252 g/mol. The van der Waals surface area contributed by atoms with Crippen molar-refractivity contribution in [2.45, 2.75) is 32.4 Å². The third-order valence-electron chi connectivity index (χ3n) is 3.86. The Morgan fingerprint density at radius 3 is 2.60 bits per heavy atom. The molecule has 1 heterocycles. The lowest BCUT2D eigenvalue weighted by Crippen LogP contribution is -2.37. The average Bonchev–Trinajstić information content (AvgIpc) is 2.97. The number of hydrogen-bond acceptors (Lipinski definition) is 4. The van der Waals surface area contributed by atoms with Gasteiger partial charge in [0, 0.05) is 24.7 Å². The van der Waals surface area contributed by atoms with Crippen molar-refractivity contribution in [3.8, 4) is 11.5 Å². The van der Waals surface area contributed by atoms with Gasteiger partial charge in [0.05, 0.1) is 14.2 Å². The summed E-state index contributed by atoms with van der Waals surface area (Å²) in [5.74, 6) is 1.78. The highest BCUT2D eigenvalue weighted by Crippen LogP contribution is 2.23. The molecule has 4 nitrogen and oxygen atoms in total. The summed E-state index contributed by atoms with van der Waals surface area (Å²) >= 11 is 0. The van der Waals surface area contributed by atoms with Gasteiger partial charge < -0.3 is 19.7 Å². The van der Waals surface area contributed by atoms with Crippen LogP contribution in [0.4, 0.5) is 0 Å². The Balaban J connectivity index is 1.88. The van der Waals surface area contributed by atoms with Crippen LogP contribution in [0.5, 0.6) is 11.5 Å². The van der Waals surface area contributed by atoms with Crippen LogP contribution in [-0.4, -0.2) is 44.8 Å². The quantitative estimate of drug-likeness (QED) is 0.829. The number of rotatable bonds is 7. The van der Waals surface area contributed by atoms with Crippen molar-refractivity contribution >= 4 is 0 Å². The summed E-state index contributed by atoms with van der Waals surface area (Å²) in [7, 11) is 3.40. The summed E-state index contributed by atoms with van der Waals surface area (Å²) < 4.78 is 10.7. The zero-order valence-corrected chi connectivity index (χ0v) is 12.8. The van der Waals surface area contributed by atoms with E-state index in [0.717, 1.165) is 30.2 Å². The Labute approximate surface area is 122 Å². The highest BCUT2D eigenvalue weighted by molar-refractivity contribution is 5.40. The number of nitrogens with zero attached hydrogens (tertiary/aromatic N) is 1. The molecule has 0 spiro atoms. The van der Waals surface area contributed by atoms with Gasteiger partial charge in [-0.25, -0.2) is 0 Å². The minimum atomic E-state index is 0.476. The normalized spacial score (nSPS) is 17.1. The van der Waals surface area contributed by atoms with Crippen LogP contribution < -0.4 is 14.8 Å². The van der Waals surface area contributed by atoms with Crippen molar-refractivity contribution in [2.24, 2.45) is 0 Å². The van der Waals surface area contributed by atoms with E-state index in [1.807, 2.05) is 18.2 Å². The SMILES string of the molecule is COc1ccc(OC)c(CNC(C)CN2CCCC2)c1. The first-order valence-corrected chi connectivity index (χ1v) is 7.39. The van der Waals surface area contributed by atoms with E-state index in [1.165, 1.54) is 25.9 Å². The van der Waals surface area contributed by atoms with Gasteiger partial charge in [-0.3, -0.25) is 0 Å². The fourth-order valence-corrected chi connectivity index (χ4v) is 2.72. The molecule has 0 radical (unpaired) electrons. The zero-order valence-electron chi connectivity index (χ0n) is 12.8. The molecule has 112 valence electrons. The van der Waals surface area contributed by atoms with Crippen LogP contribution in [0.3, 0.4) is 0 Å². The van der Waals surface area contributed by atoms with Crippen LogP contribution in [0, 0.1) is 0 Å². The average molecular weight is 278 g/mol. The van der Waals surface area contributed by atoms with Gasteiger partial charge in [-0.1, -0.05) is 0 Å². The first kappa shape index (κ1) is 15.1. The Bertz CT molecular complexity index is 417. The van der Waals surface area contributed by atoms with Crippen LogP contribution in [0.25, 0.3) is 0 Å². The number of nitrogens with one attached hydrogen (secondary N) is 1. The molecule has 0 bridgehead atoms. The predicted molar refractivity (Wildman–Crippen MR) is 81.5 cm³/mol. The molecule has 0 saturated carbocycles. The minimum absolute atomic E-state index is 0.476. The molecule has 1 aliphatic heterocycles. The molecule has 1 N–H and O–H groups in total. The maximum atomic E-state index is 5.40. The monoisotopic (exact) mass is 278 g/mol. The summed E-state index contributed by atoms with van der Waals surface area (Å²) in [5.41, 5.74) is 1.14.